The van der Waals surface area contributed by atoms with Gasteiger partial charge in [-0.1, -0.05) is 44.7 Å². The predicted octanol–water partition coefficient (Wildman–Crippen LogP) is 3.46. The van der Waals surface area contributed by atoms with E-state index in [2.05, 4.69) is 20.9 Å². The minimum Gasteiger partial charge on any atom is -0.356 e. The van der Waals surface area contributed by atoms with Gasteiger partial charge in [-0.2, -0.15) is 0 Å². The first-order valence-electron chi connectivity index (χ1n) is 10.0. The summed E-state index contributed by atoms with van der Waals surface area (Å²) >= 11 is 0. The molecule has 0 atom stereocenters. The van der Waals surface area contributed by atoms with Crippen LogP contribution in [0.25, 0.3) is 0 Å². The number of benzene rings is 1. The molecule has 5 nitrogen and oxygen atoms in total. The van der Waals surface area contributed by atoms with Crippen LogP contribution >= 0.6 is 0 Å². The van der Waals surface area contributed by atoms with Crippen LogP contribution in [0.4, 0.5) is 0 Å². The highest BCUT2D eigenvalue weighted by Crippen LogP contribution is 2.28. The molecule has 0 heterocycles. The van der Waals surface area contributed by atoms with E-state index in [0.29, 0.717) is 18.7 Å². The Morgan fingerprint density at radius 1 is 1.15 bits per heavy atom. The Labute approximate surface area is 158 Å². The van der Waals surface area contributed by atoms with Crippen LogP contribution in [0, 0.1) is 5.92 Å². The normalized spacial score (nSPS) is 15.1. The molecule has 5 heteroatoms. The maximum absolute atomic E-state index is 12.1. The molecule has 26 heavy (non-hydrogen) atoms. The fraction of sp³-hybridized carbons (Fsp3) is 0.619. The Balaban J connectivity index is 1.72. The first-order valence-corrected chi connectivity index (χ1v) is 10.0. The number of guanidine groups is 1. The molecule has 0 bridgehead atoms. The molecule has 1 aliphatic rings. The van der Waals surface area contributed by atoms with Crippen molar-refractivity contribution in [2.75, 3.05) is 20.1 Å². The summed E-state index contributed by atoms with van der Waals surface area (Å²) < 4.78 is 0. The summed E-state index contributed by atoms with van der Waals surface area (Å²) in [6, 6.07) is 7.74. The van der Waals surface area contributed by atoms with Gasteiger partial charge in [0.25, 0.3) is 5.91 Å². The molecule has 1 aliphatic carbocycles. The molecule has 144 valence electrons. The van der Waals surface area contributed by atoms with E-state index in [1.54, 1.807) is 7.05 Å². The SMILES string of the molecule is CCCNC(=O)c1cccc(CNC(=NC)NCCCC2CCCC2)c1. The van der Waals surface area contributed by atoms with Crippen molar-refractivity contribution in [2.45, 2.75) is 58.4 Å². The highest BCUT2D eigenvalue weighted by atomic mass is 16.1. The number of amides is 1. The molecule has 1 amide bonds. The Kier molecular flexibility index (Phi) is 9.01. The average molecular weight is 359 g/mol. The molecule has 1 fully saturated rings. The van der Waals surface area contributed by atoms with Crippen LogP contribution in [-0.4, -0.2) is 32.0 Å². The predicted molar refractivity (Wildman–Crippen MR) is 108 cm³/mol. The monoisotopic (exact) mass is 358 g/mol. The molecule has 0 aromatic heterocycles. The third-order valence-electron chi connectivity index (χ3n) is 4.96. The summed E-state index contributed by atoms with van der Waals surface area (Å²) in [4.78, 5) is 16.4. The molecule has 1 aromatic rings. The second kappa shape index (κ2) is 11.6. The largest absolute Gasteiger partial charge is 0.356 e. The Bertz CT molecular complexity index is 579. The molecular weight excluding hydrogens is 324 g/mol. The van der Waals surface area contributed by atoms with Crippen LogP contribution in [0.3, 0.4) is 0 Å². The number of carbonyl (C=O) groups excluding carboxylic acids is 1. The fourth-order valence-electron chi connectivity index (χ4n) is 3.47. The highest BCUT2D eigenvalue weighted by molar-refractivity contribution is 5.94. The molecule has 0 aliphatic heterocycles. The van der Waals surface area contributed by atoms with Gasteiger partial charge >= 0.3 is 0 Å². The lowest BCUT2D eigenvalue weighted by molar-refractivity contribution is 0.0953. The maximum atomic E-state index is 12.1. The van der Waals surface area contributed by atoms with Gasteiger partial charge in [0.05, 0.1) is 0 Å². The van der Waals surface area contributed by atoms with E-state index in [1.807, 2.05) is 31.2 Å². The van der Waals surface area contributed by atoms with Crippen molar-refractivity contribution in [2.24, 2.45) is 10.9 Å². The minimum atomic E-state index is -0.0110. The van der Waals surface area contributed by atoms with E-state index in [0.717, 1.165) is 30.4 Å². The molecular formula is C21H34N4O. The number of carbonyl (C=O) groups is 1. The van der Waals surface area contributed by atoms with Gasteiger partial charge < -0.3 is 16.0 Å². The average Bonchev–Trinajstić information content (AvgIpc) is 3.19. The van der Waals surface area contributed by atoms with Crippen molar-refractivity contribution in [1.82, 2.24) is 16.0 Å². The van der Waals surface area contributed by atoms with Gasteiger partial charge in [0.1, 0.15) is 0 Å². The zero-order chi connectivity index (χ0) is 18.6. The summed E-state index contributed by atoms with van der Waals surface area (Å²) in [7, 11) is 1.79. The van der Waals surface area contributed by atoms with Crippen molar-refractivity contribution < 1.29 is 4.79 Å². The minimum absolute atomic E-state index is 0.0110. The highest BCUT2D eigenvalue weighted by Gasteiger charge is 2.14. The maximum Gasteiger partial charge on any atom is 0.251 e. The van der Waals surface area contributed by atoms with Gasteiger partial charge in [-0.05, 0) is 42.9 Å². The third-order valence-corrected chi connectivity index (χ3v) is 4.96. The summed E-state index contributed by atoms with van der Waals surface area (Å²) in [5, 5.41) is 9.63. The number of nitrogens with zero attached hydrogens (tertiary/aromatic N) is 1. The van der Waals surface area contributed by atoms with E-state index in [9.17, 15) is 4.79 Å². The van der Waals surface area contributed by atoms with Crippen LogP contribution < -0.4 is 16.0 Å². The first kappa shape index (κ1) is 20.3. The van der Waals surface area contributed by atoms with Gasteiger partial charge in [0.15, 0.2) is 5.96 Å². The number of hydrogen-bond donors (Lipinski definition) is 3. The van der Waals surface area contributed by atoms with Crippen molar-refractivity contribution in [3.8, 4) is 0 Å². The smallest absolute Gasteiger partial charge is 0.251 e. The lowest BCUT2D eigenvalue weighted by atomic mass is 10.0. The molecule has 3 N–H and O–H groups in total. The van der Waals surface area contributed by atoms with Crippen LogP contribution in [0.5, 0.6) is 0 Å². The van der Waals surface area contributed by atoms with E-state index < -0.39 is 0 Å². The molecule has 1 aromatic carbocycles. The Morgan fingerprint density at radius 2 is 1.96 bits per heavy atom. The van der Waals surface area contributed by atoms with Gasteiger partial charge in [0, 0.05) is 32.2 Å². The van der Waals surface area contributed by atoms with Crippen LogP contribution in [0.15, 0.2) is 29.3 Å². The summed E-state index contributed by atoms with van der Waals surface area (Å²) in [5.41, 5.74) is 1.78. The lowest BCUT2D eigenvalue weighted by Crippen LogP contribution is -2.37. The van der Waals surface area contributed by atoms with Gasteiger partial charge in [-0.25, -0.2) is 0 Å². The zero-order valence-corrected chi connectivity index (χ0v) is 16.3. The van der Waals surface area contributed by atoms with E-state index in [-0.39, 0.29) is 5.91 Å². The second-order valence-electron chi connectivity index (χ2n) is 7.10. The van der Waals surface area contributed by atoms with E-state index in [1.165, 1.54) is 38.5 Å². The Morgan fingerprint density at radius 3 is 2.69 bits per heavy atom. The molecule has 0 spiro atoms. The van der Waals surface area contributed by atoms with Crippen molar-refractivity contribution in [1.29, 1.82) is 0 Å². The van der Waals surface area contributed by atoms with Crippen LogP contribution in [-0.2, 0) is 6.54 Å². The van der Waals surface area contributed by atoms with E-state index >= 15 is 0 Å². The quantitative estimate of drug-likeness (QED) is 0.360. The number of nitrogens with one attached hydrogen (secondary N) is 3. The van der Waals surface area contributed by atoms with Gasteiger partial charge in [-0.3, -0.25) is 9.79 Å². The first-order chi connectivity index (χ1) is 12.7. The zero-order valence-electron chi connectivity index (χ0n) is 16.3. The van der Waals surface area contributed by atoms with Crippen molar-refractivity contribution in [3.05, 3.63) is 35.4 Å². The summed E-state index contributed by atoms with van der Waals surface area (Å²) in [6.07, 6.45) is 9.10. The number of rotatable bonds is 9. The number of hydrogen-bond acceptors (Lipinski definition) is 2. The number of aliphatic imine (C=N–C) groups is 1. The summed E-state index contributed by atoms with van der Waals surface area (Å²) in [5.74, 6) is 1.74. The molecule has 2 rings (SSSR count). The van der Waals surface area contributed by atoms with Crippen molar-refractivity contribution in [3.63, 3.8) is 0 Å². The molecule has 0 unspecified atom stereocenters. The van der Waals surface area contributed by atoms with E-state index in [4.69, 9.17) is 0 Å². The third kappa shape index (κ3) is 7.06. The van der Waals surface area contributed by atoms with Crippen LogP contribution in [0.1, 0.15) is 67.8 Å². The Hall–Kier alpha value is -2.04. The van der Waals surface area contributed by atoms with Gasteiger partial charge in [-0.15, -0.1) is 0 Å². The standard InChI is InChI=1S/C21H34N4O/c1-3-13-23-20(26)19-12-6-10-18(15-19)16-25-21(22-2)24-14-7-11-17-8-4-5-9-17/h6,10,12,15,17H,3-5,7-9,11,13-14,16H2,1-2H3,(H,23,26)(H2,22,24,25). The fourth-order valence-corrected chi connectivity index (χ4v) is 3.47. The topological polar surface area (TPSA) is 65.5 Å². The lowest BCUT2D eigenvalue weighted by Gasteiger charge is -2.14. The van der Waals surface area contributed by atoms with Gasteiger partial charge in [0.2, 0.25) is 0 Å². The molecule has 0 saturated heterocycles. The molecule has 0 radical (unpaired) electrons. The summed E-state index contributed by atoms with van der Waals surface area (Å²) in [6.45, 7) is 4.36. The second-order valence-corrected chi connectivity index (χ2v) is 7.10. The van der Waals surface area contributed by atoms with Crippen LogP contribution in [0.2, 0.25) is 0 Å². The van der Waals surface area contributed by atoms with Crippen molar-refractivity contribution >= 4 is 11.9 Å². The molecule has 1 saturated carbocycles.